The minimum absolute atomic E-state index is 0.194. The van der Waals surface area contributed by atoms with Crippen molar-refractivity contribution in [2.45, 2.75) is 56.9 Å². The van der Waals surface area contributed by atoms with E-state index in [9.17, 15) is 19.5 Å². The quantitative estimate of drug-likeness (QED) is 0.614. The molecule has 1 N–H and O–H groups in total. The van der Waals surface area contributed by atoms with Crippen molar-refractivity contribution in [1.29, 1.82) is 0 Å². The van der Waals surface area contributed by atoms with Gasteiger partial charge in [0.1, 0.15) is 11.6 Å². The van der Waals surface area contributed by atoms with E-state index in [1.807, 2.05) is 61.6 Å². The van der Waals surface area contributed by atoms with Gasteiger partial charge in [-0.25, -0.2) is 0 Å². The SMILES string of the molecule is CCCCN1CC=C[C@]23O[C@@]4(C)C=CCN(c5ccccc5)C(=O)[C@H]4[C@H]2C(=O)N([C@H](C)CO)C3C1=O. The van der Waals surface area contributed by atoms with Crippen molar-refractivity contribution >= 4 is 23.4 Å². The fraction of sp³-hybridized carbons (Fsp3) is 0.536. The highest BCUT2D eigenvalue weighted by Gasteiger charge is 2.75. The van der Waals surface area contributed by atoms with E-state index in [1.54, 1.807) is 16.7 Å². The van der Waals surface area contributed by atoms with E-state index >= 15 is 0 Å². The van der Waals surface area contributed by atoms with Crippen molar-refractivity contribution < 1.29 is 24.2 Å². The Bertz CT molecular complexity index is 1100. The molecular formula is C28H35N3O5. The van der Waals surface area contributed by atoms with Gasteiger partial charge in [-0.2, -0.15) is 0 Å². The molecule has 0 radical (unpaired) electrons. The number of aliphatic hydroxyl groups is 1. The molecule has 4 heterocycles. The zero-order chi connectivity index (χ0) is 25.7. The van der Waals surface area contributed by atoms with Crippen LogP contribution < -0.4 is 4.90 Å². The summed E-state index contributed by atoms with van der Waals surface area (Å²) in [5.41, 5.74) is -1.60. The monoisotopic (exact) mass is 493 g/mol. The molecule has 0 bridgehead atoms. The number of ether oxygens (including phenoxy) is 1. The molecule has 1 aromatic carbocycles. The second-order valence-corrected chi connectivity index (χ2v) is 10.5. The molecule has 1 aromatic rings. The smallest absolute Gasteiger partial charge is 0.249 e. The molecule has 2 saturated heterocycles. The lowest BCUT2D eigenvalue weighted by Gasteiger charge is -2.39. The molecule has 6 atom stereocenters. The predicted octanol–water partition coefficient (Wildman–Crippen LogP) is 2.14. The lowest BCUT2D eigenvalue weighted by Crippen LogP contribution is -2.58. The molecule has 192 valence electrons. The number of likely N-dealkylation sites (tertiary alicyclic amines) is 1. The predicted molar refractivity (Wildman–Crippen MR) is 135 cm³/mol. The largest absolute Gasteiger partial charge is 0.394 e. The Morgan fingerprint density at radius 2 is 1.75 bits per heavy atom. The highest BCUT2D eigenvalue weighted by Crippen LogP contribution is 2.58. The maximum Gasteiger partial charge on any atom is 0.249 e. The molecule has 1 spiro atoms. The maximum atomic E-state index is 14.2. The number of benzene rings is 1. The van der Waals surface area contributed by atoms with Crippen LogP contribution in [0.15, 0.2) is 54.6 Å². The molecule has 1 unspecified atom stereocenters. The lowest BCUT2D eigenvalue weighted by molar-refractivity contribution is -0.153. The summed E-state index contributed by atoms with van der Waals surface area (Å²) in [7, 11) is 0. The zero-order valence-corrected chi connectivity index (χ0v) is 21.2. The molecular weight excluding hydrogens is 458 g/mol. The summed E-state index contributed by atoms with van der Waals surface area (Å²) in [6.07, 6.45) is 9.33. The van der Waals surface area contributed by atoms with Gasteiger partial charge in [-0.1, -0.05) is 55.8 Å². The van der Waals surface area contributed by atoms with E-state index in [-0.39, 0.29) is 24.3 Å². The molecule has 0 aromatic heterocycles. The van der Waals surface area contributed by atoms with E-state index in [4.69, 9.17) is 4.74 Å². The Morgan fingerprint density at radius 1 is 1.03 bits per heavy atom. The third-order valence-electron chi connectivity index (χ3n) is 8.17. The first kappa shape index (κ1) is 24.7. The normalized spacial score (nSPS) is 34.4. The molecule has 4 aliphatic rings. The van der Waals surface area contributed by atoms with Gasteiger partial charge in [0.25, 0.3) is 0 Å². The Kier molecular flexibility index (Phi) is 6.29. The van der Waals surface area contributed by atoms with Crippen LogP contribution in [-0.2, 0) is 19.1 Å². The van der Waals surface area contributed by atoms with Crippen molar-refractivity contribution in [2.24, 2.45) is 11.8 Å². The van der Waals surface area contributed by atoms with Crippen LogP contribution in [0.1, 0.15) is 33.6 Å². The van der Waals surface area contributed by atoms with Gasteiger partial charge in [-0.3, -0.25) is 14.4 Å². The minimum Gasteiger partial charge on any atom is -0.394 e. The van der Waals surface area contributed by atoms with Crippen molar-refractivity contribution in [3.05, 3.63) is 54.6 Å². The average Bonchev–Trinajstić information content (AvgIpc) is 3.15. The number of carbonyl (C=O) groups excluding carboxylic acids is 3. The highest BCUT2D eigenvalue weighted by atomic mass is 16.5. The molecule has 8 heteroatoms. The van der Waals surface area contributed by atoms with Crippen molar-refractivity contribution in [1.82, 2.24) is 9.80 Å². The van der Waals surface area contributed by atoms with E-state index in [1.165, 1.54) is 4.90 Å². The number of para-hydroxylation sites is 1. The van der Waals surface area contributed by atoms with Crippen LogP contribution in [0.2, 0.25) is 0 Å². The summed E-state index contributed by atoms with van der Waals surface area (Å²) >= 11 is 0. The summed E-state index contributed by atoms with van der Waals surface area (Å²) < 4.78 is 6.79. The van der Waals surface area contributed by atoms with Gasteiger partial charge in [0.05, 0.1) is 30.1 Å². The van der Waals surface area contributed by atoms with Gasteiger partial charge in [0.15, 0.2) is 0 Å². The van der Waals surface area contributed by atoms with Gasteiger partial charge in [0.2, 0.25) is 17.7 Å². The standard InChI is InChI=1S/C28H35N3O5/c1-4-5-15-29-16-10-14-28-22(25(34)31(19(2)18-32)23(28)26(29)35)21-24(33)30(20-11-7-6-8-12-20)17-9-13-27(21,3)36-28/h6-14,19,21-23,32H,4-5,15-18H2,1-3H3/t19-,21-,22+,23?,27+,28+/m1/s1. The third-order valence-corrected chi connectivity index (χ3v) is 8.17. The fourth-order valence-corrected chi connectivity index (χ4v) is 6.46. The Hall–Kier alpha value is -2.97. The molecule has 4 aliphatic heterocycles. The first-order chi connectivity index (χ1) is 17.3. The highest BCUT2D eigenvalue weighted by molar-refractivity contribution is 6.04. The number of unbranched alkanes of at least 4 members (excludes halogenated alkanes) is 1. The van der Waals surface area contributed by atoms with Crippen LogP contribution in [0.3, 0.4) is 0 Å². The second kappa shape index (κ2) is 9.16. The number of anilines is 1. The summed E-state index contributed by atoms with van der Waals surface area (Å²) in [6, 6.07) is 7.86. The van der Waals surface area contributed by atoms with Crippen molar-refractivity contribution in [3.8, 4) is 0 Å². The number of aliphatic hydroxyl groups excluding tert-OH is 1. The topological polar surface area (TPSA) is 90.4 Å². The molecule has 2 fully saturated rings. The second-order valence-electron chi connectivity index (χ2n) is 10.5. The number of rotatable bonds is 6. The van der Waals surface area contributed by atoms with Gasteiger partial charge in [0, 0.05) is 25.3 Å². The summed E-state index contributed by atoms with van der Waals surface area (Å²) in [5.74, 6) is -2.41. The minimum atomic E-state index is -1.29. The lowest BCUT2D eigenvalue weighted by atomic mass is 9.74. The van der Waals surface area contributed by atoms with Crippen LogP contribution in [0.4, 0.5) is 5.69 Å². The fourth-order valence-electron chi connectivity index (χ4n) is 6.46. The number of hydrogen-bond acceptors (Lipinski definition) is 5. The van der Waals surface area contributed by atoms with E-state index in [0.29, 0.717) is 19.6 Å². The van der Waals surface area contributed by atoms with Crippen LogP contribution in [-0.4, -0.2) is 82.2 Å². The van der Waals surface area contributed by atoms with Gasteiger partial charge in [-0.15, -0.1) is 0 Å². The van der Waals surface area contributed by atoms with Crippen LogP contribution >= 0.6 is 0 Å². The van der Waals surface area contributed by atoms with Gasteiger partial charge >= 0.3 is 0 Å². The number of fused-ring (bicyclic) bond motifs is 2. The first-order valence-corrected chi connectivity index (χ1v) is 12.9. The van der Waals surface area contributed by atoms with Crippen LogP contribution in [0.25, 0.3) is 0 Å². The number of nitrogens with zero attached hydrogens (tertiary/aromatic N) is 3. The van der Waals surface area contributed by atoms with Crippen LogP contribution in [0, 0.1) is 11.8 Å². The van der Waals surface area contributed by atoms with Crippen molar-refractivity contribution in [3.63, 3.8) is 0 Å². The molecule has 0 saturated carbocycles. The zero-order valence-electron chi connectivity index (χ0n) is 21.2. The van der Waals surface area contributed by atoms with E-state index in [2.05, 4.69) is 6.92 Å². The Morgan fingerprint density at radius 3 is 2.44 bits per heavy atom. The number of hydrogen-bond donors (Lipinski definition) is 1. The van der Waals surface area contributed by atoms with Crippen LogP contribution in [0.5, 0.6) is 0 Å². The summed E-state index contributed by atoms with van der Waals surface area (Å²) in [4.78, 5) is 47.3. The van der Waals surface area contributed by atoms with Gasteiger partial charge < -0.3 is 24.5 Å². The summed E-state index contributed by atoms with van der Waals surface area (Å²) in [5, 5.41) is 10.0. The maximum absolute atomic E-state index is 14.2. The molecule has 3 amide bonds. The number of carbonyl (C=O) groups is 3. The first-order valence-electron chi connectivity index (χ1n) is 12.9. The molecule has 36 heavy (non-hydrogen) atoms. The third kappa shape index (κ3) is 3.53. The average molecular weight is 494 g/mol. The van der Waals surface area contributed by atoms with Gasteiger partial charge in [-0.05, 0) is 32.4 Å². The van der Waals surface area contributed by atoms with E-state index in [0.717, 1.165) is 18.5 Å². The van der Waals surface area contributed by atoms with Crippen molar-refractivity contribution in [2.75, 3.05) is 31.1 Å². The Balaban J connectivity index is 1.63. The molecule has 5 rings (SSSR count). The summed E-state index contributed by atoms with van der Waals surface area (Å²) in [6.45, 7) is 6.72. The molecule has 0 aliphatic carbocycles. The number of amides is 3. The molecule has 8 nitrogen and oxygen atoms in total. The Labute approximate surface area is 212 Å². The van der Waals surface area contributed by atoms with E-state index < -0.39 is 35.1 Å².